The Balaban J connectivity index is 1.57. The average molecular weight is 517 g/mol. The number of hydrogen-bond acceptors (Lipinski definition) is 4. The number of esters is 2. The Morgan fingerprint density at radius 3 is 1.33 bits per heavy atom. The summed E-state index contributed by atoms with van der Waals surface area (Å²) in [4.78, 5) is 25.3. The highest BCUT2D eigenvalue weighted by molar-refractivity contribution is 5.91. The Kier molecular flexibility index (Phi) is 8.90. The molecule has 0 aromatic heterocycles. The van der Waals surface area contributed by atoms with Gasteiger partial charge >= 0.3 is 11.9 Å². The number of allylic oxidation sites excluding steroid dienone is 2. The summed E-state index contributed by atoms with van der Waals surface area (Å²) in [6.45, 7) is 12.0. The minimum Gasteiger partial charge on any atom is -0.423 e. The predicted octanol–water partition coefficient (Wildman–Crippen LogP) is 7.95. The zero-order chi connectivity index (χ0) is 27.8. The average Bonchev–Trinajstić information content (AvgIpc) is 2.92. The van der Waals surface area contributed by atoms with Crippen LogP contribution in [0.1, 0.15) is 56.8 Å². The van der Waals surface area contributed by atoms with Crippen LogP contribution in [-0.4, -0.2) is 11.9 Å². The van der Waals surface area contributed by atoms with Crippen molar-refractivity contribution in [3.05, 3.63) is 155 Å². The third-order valence-electron chi connectivity index (χ3n) is 6.07. The van der Waals surface area contributed by atoms with E-state index in [0.29, 0.717) is 41.9 Å². The van der Waals surface area contributed by atoms with Crippen LogP contribution in [0.3, 0.4) is 0 Å². The first kappa shape index (κ1) is 27.3. The van der Waals surface area contributed by atoms with Gasteiger partial charge in [-0.2, -0.15) is 0 Å². The number of ether oxygens (including phenoxy) is 2. The first-order chi connectivity index (χ1) is 18.8. The van der Waals surface area contributed by atoms with Crippen molar-refractivity contribution in [3.8, 4) is 11.5 Å². The van der Waals surface area contributed by atoms with Crippen LogP contribution in [0.25, 0.3) is 0 Å². The van der Waals surface area contributed by atoms with Gasteiger partial charge in [-0.15, -0.1) is 0 Å². The van der Waals surface area contributed by atoms with Crippen LogP contribution >= 0.6 is 0 Å². The second-order valence-corrected chi connectivity index (χ2v) is 9.84. The van der Waals surface area contributed by atoms with Crippen LogP contribution in [0.4, 0.5) is 0 Å². The summed E-state index contributed by atoms with van der Waals surface area (Å²) in [5, 5.41) is 0. The molecule has 0 aliphatic rings. The molecular weight excluding hydrogens is 484 g/mol. The molecule has 0 N–H and O–H groups in total. The Morgan fingerprint density at radius 1 is 0.590 bits per heavy atom. The molecule has 0 saturated carbocycles. The fourth-order valence-electron chi connectivity index (χ4n) is 4.31. The van der Waals surface area contributed by atoms with Crippen molar-refractivity contribution in [1.29, 1.82) is 0 Å². The first-order valence-corrected chi connectivity index (χ1v) is 12.9. The molecule has 4 rings (SSSR count). The van der Waals surface area contributed by atoms with E-state index in [0.717, 1.165) is 33.4 Å². The molecule has 0 aliphatic heterocycles. The third kappa shape index (κ3) is 7.65. The largest absolute Gasteiger partial charge is 0.423 e. The molecule has 0 unspecified atom stereocenters. The van der Waals surface area contributed by atoms with Crippen molar-refractivity contribution in [2.45, 2.75) is 33.1 Å². The number of benzene rings is 4. The lowest BCUT2D eigenvalue weighted by molar-refractivity contribution is 0.0723. The number of carbonyl (C=O) groups is 2. The summed E-state index contributed by atoms with van der Waals surface area (Å²) in [5.41, 5.74) is 6.89. The molecule has 0 aliphatic carbocycles. The molecule has 0 fully saturated rings. The van der Waals surface area contributed by atoms with Crippen molar-refractivity contribution >= 4 is 11.9 Å². The number of rotatable bonds is 10. The highest BCUT2D eigenvalue weighted by Gasteiger charge is 2.15. The smallest absolute Gasteiger partial charge is 0.343 e. The van der Waals surface area contributed by atoms with Gasteiger partial charge < -0.3 is 9.47 Å². The molecule has 0 spiro atoms. The van der Waals surface area contributed by atoms with Crippen LogP contribution in [0.15, 0.2) is 121 Å². The van der Waals surface area contributed by atoms with Crippen molar-refractivity contribution < 1.29 is 19.1 Å². The van der Waals surface area contributed by atoms with Gasteiger partial charge in [0.05, 0.1) is 11.1 Å². The van der Waals surface area contributed by atoms with Crippen LogP contribution in [-0.2, 0) is 19.3 Å². The lowest BCUT2D eigenvalue weighted by atomic mass is 9.96. The Hall–Kier alpha value is -4.70. The molecule has 196 valence electrons. The van der Waals surface area contributed by atoms with Gasteiger partial charge in [0.1, 0.15) is 11.5 Å². The summed E-state index contributed by atoms with van der Waals surface area (Å²) < 4.78 is 11.5. The van der Waals surface area contributed by atoms with Gasteiger partial charge in [0.25, 0.3) is 0 Å². The van der Waals surface area contributed by atoms with Gasteiger partial charge in [-0.3, -0.25) is 0 Å². The van der Waals surface area contributed by atoms with E-state index in [-0.39, 0.29) is 0 Å². The first-order valence-electron chi connectivity index (χ1n) is 12.9. The topological polar surface area (TPSA) is 52.6 Å². The van der Waals surface area contributed by atoms with Gasteiger partial charge in [-0.25, -0.2) is 9.59 Å². The minimum absolute atomic E-state index is 0.392. The van der Waals surface area contributed by atoms with Crippen LogP contribution in [0, 0.1) is 0 Å². The second kappa shape index (κ2) is 12.7. The van der Waals surface area contributed by atoms with Gasteiger partial charge in [0.15, 0.2) is 0 Å². The van der Waals surface area contributed by atoms with E-state index >= 15 is 0 Å². The lowest BCUT2D eigenvalue weighted by Gasteiger charge is -2.14. The van der Waals surface area contributed by atoms with E-state index in [1.54, 1.807) is 24.3 Å². The quantitative estimate of drug-likeness (QED) is 0.122. The third-order valence-corrected chi connectivity index (χ3v) is 6.07. The van der Waals surface area contributed by atoms with Crippen molar-refractivity contribution in [1.82, 2.24) is 0 Å². The van der Waals surface area contributed by atoms with E-state index in [2.05, 4.69) is 25.3 Å². The normalized spacial score (nSPS) is 10.5. The van der Waals surface area contributed by atoms with Gasteiger partial charge in [-0.1, -0.05) is 85.0 Å². The molecule has 0 atom stereocenters. The second-order valence-electron chi connectivity index (χ2n) is 9.84. The molecule has 4 heteroatoms. The summed E-state index contributed by atoms with van der Waals surface area (Å²) in [7, 11) is 0. The Morgan fingerprint density at radius 2 is 0.974 bits per heavy atom. The maximum Gasteiger partial charge on any atom is 0.343 e. The maximum absolute atomic E-state index is 12.7. The van der Waals surface area contributed by atoms with E-state index in [4.69, 9.17) is 9.47 Å². The van der Waals surface area contributed by atoms with Crippen LogP contribution in [0.2, 0.25) is 0 Å². The van der Waals surface area contributed by atoms with E-state index in [1.807, 2.05) is 74.5 Å². The predicted molar refractivity (Wildman–Crippen MR) is 156 cm³/mol. The molecule has 39 heavy (non-hydrogen) atoms. The van der Waals surface area contributed by atoms with Gasteiger partial charge in [0.2, 0.25) is 0 Å². The maximum atomic E-state index is 12.7. The minimum atomic E-state index is -0.392. The monoisotopic (exact) mass is 516 g/mol. The molecule has 0 bridgehead atoms. The van der Waals surface area contributed by atoms with E-state index < -0.39 is 11.9 Å². The van der Waals surface area contributed by atoms with Crippen LogP contribution in [0.5, 0.6) is 11.5 Å². The van der Waals surface area contributed by atoms with Gasteiger partial charge in [0, 0.05) is 0 Å². The standard InChI is InChI=1S/C35H32O4/c1-24(2)19-30-22-26(15-17-32(30)38-34(36)28-11-7-5-8-12-28)21-27-16-18-33(31(23-27)20-25(3)4)39-35(37)29-13-9-6-10-14-29/h5-18,22-23H,1,3,19-21H2,2,4H3. The lowest BCUT2D eigenvalue weighted by Crippen LogP contribution is -2.10. The highest BCUT2D eigenvalue weighted by Crippen LogP contribution is 2.28. The molecule has 0 radical (unpaired) electrons. The molecular formula is C35H32O4. The summed E-state index contributed by atoms with van der Waals surface area (Å²) in [6, 6.07) is 29.7. The van der Waals surface area contributed by atoms with Gasteiger partial charge in [-0.05, 0) is 91.8 Å². The molecule has 0 heterocycles. The molecule has 4 nitrogen and oxygen atoms in total. The Bertz CT molecular complexity index is 1390. The molecule has 0 amide bonds. The Labute approximate surface area is 230 Å². The molecule has 0 saturated heterocycles. The van der Waals surface area contributed by atoms with E-state index in [9.17, 15) is 9.59 Å². The zero-order valence-electron chi connectivity index (χ0n) is 22.4. The number of hydrogen-bond donors (Lipinski definition) is 0. The fraction of sp³-hybridized carbons (Fsp3) is 0.143. The SMILES string of the molecule is C=C(C)Cc1cc(Cc2ccc(OC(=O)c3ccccc3)c(CC(=C)C)c2)ccc1OC(=O)c1ccccc1. The summed E-state index contributed by atoms with van der Waals surface area (Å²) in [5.74, 6) is 0.274. The zero-order valence-corrected chi connectivity index (χ0v) is 22.4. The highest BCUT2D eigenvalue weighted by atomic mass is 16.5. The number of carbonyl (C=O) groups excluding carboxylic acids is 2. The summed E-state index contributed by atoms with van der Waals surface area (Å²) in [6.07, 6.45) is 1.85. The van der Waals surface area contributed by atoms with Crippen molar-refractivity contribution in [3.63, 3.8) is 0 Å². The van der Waals surface area contributed by atoms with Crippen molar-refractivity contribution in [2.75, 3.05) is 0 Å². The summed E-state index contributed by atoms with van der Waals surface area (Å²) >= 11 is 0. The molecule has 4 aromatic carbocycles. The fourth-order valence-corrected chi connectivity index (χ4v) is 4.31. The molecule has 4 aromatic rings. The van der Waals surface area contributed by atoms with Crippen LogP contribution < -0.4 is 9.47 Å². The van der Waals surface area contributed by atoms with E-state index in [1.165, 1.54) is 0 Å². The van der Waals surface area contributed by atoms with Crippen molar-refractivity contribution in [2.24, 2.45) is 0 Å².